The lowest BCUT2D eigenvalue weighted by Gasteiger charge is -2.24. The molecule has 0 nitrogen and oxygen atoms in total. The number of hydrogen-bond acceptors (Lipinski definition) is 0. The molecule has 0 fully saturated rings. The Balaban J connectivity index is 0.861. The first-order chi connectivity index (χ1) is 28.4. The van der Waals surface area contributed by atoms with Gasteiger partial charge in [0.2, 0.25) is 0 Å². The van der Waals surface area contributed by atoms with Gasteiger partial charge in [0.15, 0.2) is 0 Å². The second kappa shape index (κ2) is 11.7. The molecule has 0 aliphatic heterocycles. The Morgan fingerprint density at radius 3 is 0.983 bits per heavy atom. The smallest absolute Gasteiger partial charge is 0.0159 e. The maximum absolute atomic E-state index is 2.48. The van der Waals surface area contributed by atoms with Crippen LogP contribution in [0.25, 0.3) is 77.9 Å². The Hall–Kier alpha value is -6.24. The Bertz CT molecular complexity index is 3140. The van der Waals surface area contributed by atoms with Gasteiger partial charge in [-0.1, -0.05) is 170 Å². The molecule has 0 amide bonds. The minimum atomic E-state index is -0.121. The number of fused-ring (bicyclic) bond motifs is 12. The van der Waals surface area contributed by atoms with Crippen molar-refractivity contribution in [1.82, 2.24) is 0 Å². The molecule has 0 aromatic heterocycles. The molecule has 0 heteroatoms. The highest BCUT2D eigenvalue weighted by Gasteiger charge is 2.39. The van der Waals surface area contributed by atoms with Crippen molar-refractivity contribution < 1.29 is 0 Å². The van der Waals surface area contributed by atoms with E-state index in [1.807, 2.05) is 0 Å². The van der Waals surface area contributed by atoms with Crippen molar-refractivity contribution in [3.05, 3.63) is 202 Å². The maximum atomic E-state index is 2.48. The second-order valence-electron chi connectivity index (χ2n) is 19.3. The topological polar surface area (TPSA) is 0 Å². The van der Waals surface area contributed by atoms with Crippen molar-refractivity contribution in [2.45, 2.75) is 70.6 Å². The van der Waals surface area contributed by atoms with Crippen LogP contribution in [0.5, 0.6) is 0 Å². The summed E-state index contributed by atoms with van der Waals surface area (Å²) in [6.07, 6.45) is 0. The van der Waals surface area contributed by atoms with Gasteiger partial charge in [-0.2, -0.15) is 0 Å². The van der Waals surface area contributed by atoms with Crippen LogP contribution in [0.4, 0.5) is 0 Å². The predicted molar refractivity (Wildman–Crippen MR) is 248 cm³/mol. The Labute approximate surface area is 349 Å². The van der Waals surface area contributed by atoms with Crippen molar-refractivity contribution in [1.29, 1.82) is 0 Å². The first-order valence-electron chi connectivity index (χ1n) is 21.5. The van der Waals surface area contributed by atoms with Gasteiger partial charge in [0, 0.05) is 22.2 Å². The zero-order chi connectivity index (χ0) is 40.2. The summed E-state index contributed by atoms with van der Waals surface area (Å²) in [6, 6.07) is 60.8. The van der Waals surface area contributed by atoms with E-state index in [9.17, 15) is 0 Å². The molecule has 0 spiro atoms. The van der Waals surface area contributed by atoms with Crippen LogP contribution in [-0.2, 0) is 16.2 Å². The van der Waals surface area contributed by atoms with E-state index in [1.54, 1.807) is 0 Å². The summed E-state index contributed by atoms with van der Waals surface area (Å²) in [4.78, 5) is 0. The third-order valence-corrected chi connectivity index (χ3v) is 15.2. The van der Waals surface area contributed by atoms with Crippen LogP contribution in [0.2, 0.25) is 0 Å². The summed E-state index contributed by atoms with van der Waals surface area (Å²) in [5.41, 5.74) is 29.8. The summed E-state index contributed by atoms with van der Waals surface area (Å²) in [5, 5.41) is 0. The fourth-order valence-electron chi connectivity index (χ4n) is 11.7. The first-order valence-corrected chi connectivity index (χ1v) is 21.5. The first kappa shape index (κ1) is 34.8. The third kappa shape index (κ3) is 4.66. The molecule has 0 saturated carbocycles. The number of hydrogen-bond donors (Lipinski definition) is 0. The lowest BCUT2D eigenvalue weighted by molar-refractivity contribution is 0.659. The van der Waals surface area contributed by atoms with Crippen molar-refractivity contribution in [2.75, 3.05) is 0 Å². The highest BCUT2D eigenvalue weighted by molar-refractivity contribution is 5.90. The summed E-state index contributed by atoms with van der Waals surface area (Å²) in [7, 11) is 0. The van der Waals surface area contributed by atoms with Gasteiger partial charge >= 0.3 is 0 Å². The van der Waals surface area contributed by atoms with Crippen molar-refractivity contribution >= 4 is 0 Å². The lowest BCUT2D eigenvalue weighted by atomic mass is 9.79. The zero-order valence-corrected chi connectivity index (χ0v) is 35.1. The molecule has 0 saturated heterocycles. The molecule has 1 atom stereocenters. The van der Waals surface area contributed by atoms with Crippen LogP contribution in [-0.4, -0.2) is 0 Å². The Morgan fingerprint density at radius 2 is 0.559 bits per heavy atom. The molecule has 12 rings (SSSR count). The molecule has 4 aliphatic carbocycles. The van der Waals surface area contributed by atoms with E-state index in [4.69, 9.17) is 0 Å². The molecule has 4 aliphatic rings. The molecule has 0 radical (unpaired) electrons. The molecule has 8 aromatic carbocycles. The van der Waals surface area contributed by atoms with Gasteiger partial charge in [-0.05, 0) is 159 Å². The minimum absolute atomic E-state index is 0.0154. The second-order valence-corrected chi connectivity index (χ2v) is 19.3. The number of rotatable bonds is 3. The van der Waals surface area contributed by atoms with E-state index in [1.165, 1.54) is 122 Å². The van der Waals surface area contributed by atoms with Crippen molar-refractivity contribution in [3.8, 4) is 77.9 Å². The van der Waals surface area contributed by atoms with E-state index in [0.29, 0.717) is 5.92 Å². The van der Waals surface area contributed by atoms with Crippen LogP contribution in [0.1, 0.15) is 98.9 Å². The minimum Gasteiger partial charge on any atom is -0.0619 e. The lowest BCUT2D eigenvalue weighted by Crippen LogP contribution is -2.16. The van der Waals surface area contributed by atoms with Gasteiger partial charge in [0.1, 0.15) is 0 Å². The molecular weight excluding hydrogens is 709 g/mol. The normalized spacial score (nSPS) is 17.3. The van der Waals surface area contributed by atoms with Crippen LogP contribution in [0.15, 0.2) is 158 Å². The molecule has 59 heavy (non-hydrogen) atoms. The van der Waals surface area contributed by atoms with E-state index in [-0.39, 0.29) is 16.2 Å². The van der Waals surface area contributed by atoms with E-state index >= 15 is 0 Å². The van der Waals surface area contributed by atoms with Gasteiger partial charge in [-0.15, -0.1) is 0 Å². The molecule has 8 aromatic rings. The average molecular weight is 757 g/mol. The average Bonchev–Trinajstić information content (AvgIpc) is 3.85. The van der Waals surface area contributed by atoms with Crippen LogP contribution < -0.4 is 0 Å². The van der Waals surface area contributed by atoms with Crippen LogP contribution in [0.3, 0.4) is 0 Å². The van der Waals surface area contributed by atoms with Gasteiger partial charge in [-0.25, -0.2) is 0 Å². The van der Waals surface area contributed by atoms with Crippen LogP contribution >= 0.6 is 0 Å². The van der Waals surface area contributed by atoms with Gasteiger partial charge < -0.3 is 0 Å². The standard InChI is InChI=1S/C59H48/c1-34-41-12-8-9-13-42(41)43-22-16-35(28-50(34)43)36-17-24-46-47-26-20-39(32-54(47)58(4,5)53(46)29-36)40-21-27-49-48-25-19-38(31-55(48)59(6,7)56(49)33-40)37-18-23-45-44-14-10-11-15-51(44)57(2,3)52(45)30-37/h8-34H,1-7H3. The predicted octanol–water partition coefficient (Wildman–Crippen LogP) is 15.7. The summed E-state index contributed by atoms with van der Waals surface area (Å²) in [6.45, 7) is 16.7. The van der Waals surface area contributed by atoms with Gasteiger partial charge in [0.05, 0.1) is 0 Å². The highest BCUT2D eigenvalue weighted by Crippen LogP contribution is 2.55. The van der Waals surface area contributed by atoms with E-state index in [0.717, 1.165) is 0 Å². The molecule has 0 N–H and O–H groups in total. The summed E-state index contributed by atoms with van der Waals surface area (Å²) >= 11 is 0. The van der Waals surface area contributed by atoms with Crippen LogP contribution in [0, 0.1) is 0 Å². The van der Waals surface area contributed by atoms with E-state index < -0.39 is 0 Å². The largest absolute Gasteiger partial charge is 0.0619 e. The molecule has 1 unspecified atom stereocenters. The van der Waals surface area contributed by atoms with Crippen molar-refractivity contribution in [2.24, 2.45) is 0 Å². The SMILES string of the molecule is CC1c2ccccc2-c2ccc(-c3ccc4c(c3)C(C)(C)c3cc(-c5ccc6c(c5)C(C)(C)c5cc(-c7ccc8c(c7)C(C)(C)c7ccccc7-8)ccc5-6)ccc3-4)cc21. The summed E-state index contributed by atoms with van der Waals surface area (Å²) < 4.78 is 0. The fourth-order valence-corrected chi connectivity index (χ4v) is 11.7. The molecular formula is C59H48. The third-order valence-electron chi connectivity index (χ3n) is 15.2. The zero-order valence-electron chi connectivity index (χ0n) is 35.1. The van der Waals surface area contributed by atoms with Crippen molar-refractivity contribution in [3.63, 3.8) is 0 Å². The highest BCUT2D eigenvalue weighted by atomic mass is 14.4. The summed E-state index contributed by atoms with van der Waals surface area (Å²) in [5.74, 6) is 0.410. The Morgan fingerprint density at radius 1 is 0.271 bits per heavy atom. The van der Waals surface area contributed by atoms with Gasteiger partial charge in [-0.3, -0.25) is 0 Å². The van der Waals surface area contributed by atoms with E-state index in [2.05, 4.69) is 206 Å². The number of benzene rings is 8. The molecule has 0 heterocycles. The Kier molecular flexibility index (Phi) is 6.90. The maximum Gasteiger partial charge on any atom is 0.0159 e. The fraction of sp³-hybridized carbons (Fsp3) is 0.186. The quantitative estimate of drug-likeness (QED) is 0.168. The monoisotopic (exact) mass is 756 g/mol. The molecule has 0 bridgehead atoms. The van der Waals surface area contributed by atoms with Gasteiger partial charge in [0.25, 0.3) is 0 Å². The molecule has 284 valence electrons.